The van der Waals surface area contributed by atoms with Gasteiger partial charge in [-0.15, -0.1) is 0 Å². The summed E-state index contributed by atoms with van der Waals surface area (Å²) >= 11 is 0. The molecule has 0 aliphatic carbocycles. The molecule has 2 aromatic carbocycles. The van der Waals surface area contributed by atoms with E-state index in [1.807, 2.05) is 0 Å². The lowest BCUT2D eigenvalue weighted by molar-refractivity contribution is -0.384. The van der Waals surface area contributed by atoms with Gasteiger partial charge in [-0.05, 0) is 18.2 Å². The summed E-state index contributed by atoms with van der Waals surface area (Å²) in [4.78, 5) is 23.0. The zero-order chi connectivity index (χ0) is 18.4. The summed E-state index contributed by atoms with van der Waals surface area (Å²) in [5.74, 6) is -0.369. The number of carbonyl (C=O) groups excluding carboxylic acids is 1. The highest BCUT2D eigenvalue weighted by Crippen LogP contribution is 2.44. The summed E-state index contributed by atoms with van der Waals surface area (Å²) in [5, 5.41) is 11.1. The van der Waals surface area contributed by atoms with Gasteiger partial charge in [0.1, 0.15) is 5.75 Å². The molecule has 0 radical (unpaired) electrons. The van der Waals surface area contributed by atoms with Crippen LogP contribution in [0.1, 0.15) is 10.4 Å². The molecule has 4 rings (SSSR count). The van der Waals surface area contributed by atoms with E-state index in [1.54, 1.807) is 24.3 Å². The van der Waals surface area contributed by atoms with Gasteiger partial charge in [0, 0.05) is 35.0 Å². The Morgan fingerprint density at radius 2 is 1.77 bits per heavy atom. The molecule has 0 spiro atoms. The number of nitrogens with zero attached hydrogens (tertiary/aromatic N) is 2. The molecule has 0 amide bonds. The molecule has 8 heteroatoms. The van der Waals surface area contributed by atoms with Crippen LogP contribution in [-0.4, -0.2) is 22.0 Å². The number of aromatic nitrogens is 1. The van der Waals surface area contributed by atoms with Gasteiger partial charge in [0.05, 0.1) is 16.2 Å². The van der Waals surface area contributed by atoms with Crippen molar-refractivity contribution in [2.45, 2.75) is 6.61 Å². The van der Waals surface area contributed by atoms with Crippen LogP contribution in [0.3, 0.4) is 0 Å². The second-order valence-electron chi connectivity index (χ2n) is 5.61. The van der Waals surface area contributed by atoms with E-state index in [2.05, 4.69) is 4.74 Å². The number of nitro benzene ring substituents is 1. The number of hydrogen-bond acceptors (Lipinski definition) is 4. The number of rotatable bonds is 4. The third kappa shape index (κ3) is 2.34. The van der Waals surface area contributed by atoms with Crippen molar-refractivity contribution >= 4 is 11.6 Å². The van der Waals surface area contributed by atoms with E-state index in [1.165, 1.54) is 35.0 Å². The molecule has 0 saturated carbocycles. The molecular weight excluding hydrogens is 346 g/mol. The summed E-state index contributed by atoms with van der Waals surface area (Å²) < 4.78 is 31.3. The van der Waals surface area contributed by atoms with Gasteiger partial charge in [0.25, 0.3) is 11.6 Å². The highest BCUT2D eigenvalue weighted by Gasteiger charge is 2.31. The Kier molecular flexibility index (Phi) is 3.54. The van der Waals surface area contributed by atoms with Gasteiger partial charge < -0.3 is 4.74 Å². The summed E-state index contributed by atoms with van der Waals surface area (Å²) in [7, 11) is 0. The van der Waals surface area contributed by atoms with Crippen molar-refractivity contribution in [3.8, 4) is 28.1 Å². The molecule has 130 valence electrons. The summed E-state index contributed by atoms with van der Waals surface area (Å²) in [6, 6.07) is 11.8. The maximum atomic E-state index is 12.7. The second-order valence-corrected chi connectivity index (χ2v) is 5.61. The summed E-state index contributed by atoms with van der Waals surface area (Å²) in [6.07, 6.45) is 1.51. The molecule has 1 aliphatic heterocycles. The molecule has 6 nitrogen and oxygen atoms in total. The number of benzene rings is 2. The van der Waals surface area contributed by atoms with Crippen LogP contribution >= 0.6 is 0 Å². The van der Waals surface area contributed by atoms with Crippen LogP contribution in [0, 0.1) is 10.1 Å². The fourth-order valence-electron chi connectivity index (χ4n) is 3.14. The molecule has 3 aromatic rings. The summed E-state index contributed by atoms with van der Waals surface area (Å²) in [6.45, 7) is -3.00. The minimum Gasteiger partial charge on any atom is -0.434 e. The van der Waals surface area contributed by atoms with E-state index in [-0.39, 0.29) is 17.3 Å². The van der Waals surface area contributed by atoms with Crippen molar-refractivity contribution in [2.24, 2.45) is 0 Å². The quantitative estimate of drug-likeness (QED) is 0.403. The van der Waals surface area contributed by atoms with Crippen LogP contribution in [0.15, 0.2) is 54.7 Å². The predicted octanol–water partition coefficient (Wildman–Crippen LogP) is 4.33. The molecule has 1 aromatic heterocycles. The Hall–Kier alpha value is -3.55. The number of halogens is 2. The molecule has 0 N–H and O–H groups in total. The Balaban J connectivity index is 1.93. The third-order valence-electron chi connectivity index (χ3n) is 4.20. The van der Waals surface area contributed by atoms with E-state index in [0.29, 0.717) is 27.9 Å². The van der Waals surface area contributed by atoms with E-state index in [0.717, 1.165) is 0 Å². The van der Waals surface area contributed by atoms with Crippen molar-refractivity contribution in [1.29, 1.82) is 0 Å². The first-order chi connectivity index (χ1) is 12.5. The topological polar surface area (TPSA) is 74.4 Å². The fourth-order valence-corrected chi connectivity index (χ4v) is 3.14. The minimum atomic E-state index is -3.00. The molecule has 26 heavy (non-hydrogen) atoms. The number of carbonyl (C=O) groups is 1. The van der Waals surface area contributed by atoms with Gasteiger partial charge in [-0.3, -0.25) is 19.5 Å². The Morgan fingerprint density at radius 3 is 2.50 bits per heavy atom. The van der Waals surface area contributed by atoms with Crippen LogP contribution in [0.2, 0.25) is 0 Å². The lowest BCUT2D eigenvalue weighted by atomic mass is 9.98. The number of nitro groups is 1. The first kappa shape index (κ1) is 15.9. The van der Waals surface area contributed by atoms with E-state index in [9.17, 15) is 23.7 Å². The van der Waals surface area contributed by atoms with Crippen molar-refractivity contribution in [3.63, 3.8) is 0 Å². The molecule has 1 aliphatic rings. The third-order valence-corrected chi connectivity index (χ3v) is 4.20. The fraction of sp³-hybridized carbons (Fsp3) is 0.0556. The molecule has 0 saturated heterocycles. The first-order valence-electron chi connectivity index (χ1n) is 7.56. The normalized spacial score (nSPS) is 12.2. The maximum absolute atomic E-state index is 12.7. The van der Waals surface area contributed by atoms with Gasteiger partial charge in [-0.1, -0.05) is 18.2 Å². The minimum absolute atomic E-state index is 0.0390. The van der Waals surface area contributed by atoms with Crippen LogP contribution in [0.5, 0.6) is 5.75 Å². The number of para-hydroxylation sites is 1. The average Bonchev–Trinajstić information content (AvgIpc) is 3.15. The second kappa shape index (κ2) is 5.76. The van der Waals surface area contributed by atoms with Crippen LogP contribution in [0.25, 0.3) is 22.4 Å². The van der Waals surface area contributed by atoms with Crippen LogP contribution < -0.4 is 4.74 Å². The van der Waals surface area contributed by atoms with Crippen molar-refractivity contribution in [1.82, 2.24) is 4.57 Å². The number of non-ortho nitro benzene ring substituents is 1. The molecular formula is C18H10F2N2O4. The molecule has 0 atom stereocenters. The zero-order valence-electron chi connectivity index (χ0n) is 13.1. The Morgan fingerprint density at radius 1 is 1.00 bits per heavy atom. The SMILES string of the molecule is O=C1c2ccc([N+](=O)[O-])cc2-c2c(-c3ccccc3OC(F)F)ccn21. The number of fused-ring (bicyclic) bond motifs is 3. The average molecular weight is 356 g/mol. The van der Waals surface area contributed by atoms with Crippen molar-refractivity contribution in [3.05, 3.63) is 70.4 Å². The predicted molar refractivity (Wildman–Crippen MR) is 88.3 cm³/mol. The van der Waals surface area contributed by atoms with Crippen molar-refractivity contribution < 1.29 is 23.2 Å². The largest absolute Gasteiger partial charge is 0.434 e. The van der Waals surface area contributed by atoms with Gasteiger partial charge >= 0.3 is 6.61 Å². The van der Waals surface area contributed by atoms with Gasteiger partial charge in [-0.2, -0.15) is 8.78 Å². The monoisotopic (exact) mass is 356 g/mol. The Labute approximate surface area is 145 Å². The zero-order valence-corrected chi connectivity index (χ0v) is 13.1. The van der Waals surface area contributed by atoms with Gasteiger partial charge in [0.2, 0.25) is 0 Å². The standard InChI is InChI=1S/C18H10F2N2O4/c19-18(20)26-15-4-2-1-3-11(15)12-7-8-21-16(12)14-9-10(22(24)25)5-6-13(14)17(21)23/h1-9,18H. The van der Waals surface area contributed by atoms with Crippen molar-refractivity contribution in [2.75, 3.05) is 0 Å². The molecule has 0 bridgehead atoms. The molecule has 0 fully saturated rings. The lowest BCUT2D eigenvalue weighted by Gasteiger charge is -2.11. The number of alkyl halides is 2. The smallest absolute Gasteiger partial charge is 0.387 e. The number of hydrogen-bond donors (Lipinski definition) is 0. The first-order valence-corrected chi connectivity index (χ1v) is 7.56. The van der Waals surface area contributed by atoms with Gasteiger partial charge in [0.15, 0.2) is 0 Å². The maximum Gasteiger partial charge on any atom is 0.387 e. The summed E-state index contributed by atoms with van der Waals surface area (Å²) in [5.41, 5.74) is 1.81. The highest BCUT2D eigenvalue weighted by atomic mass is 19.3. The number of ether oxygens (including phenoxy) is 1. The lowest BCUT2D eigenvalue weighted by Crippen LogP contribution is -2.04. The van der Waals surface area contributed by atoms with Crippen LogP contribution in [0.4, 0.5) is 14.5 Å². The van der Waals surface area contributed by atoms with E-state index < -0.39 is 11.5 Å². The van der Waals surface area contributed by atoms with Crippen LogP contribution in [-0.2, 0) is 0 Å². The van der Waals surface area contributed by atoms with Gasteiger partial charge in [-0.25, -0.2) is 0 Å². The highest BCUT2D eigenvalue weighted by molar-refractivity contribution is 6.12. The van der Waals surface area contributed by atoms with E-state index in [4.69, 9.17) is 0 Å². The molecule has 2 heterocycles. The van der Waals surface area contributed by atoms with E-state index >= 15 is 0 Å². The Bertz CT molecular complexity index is 1060. The molecule has 0 unspecified atom stereocenters.